The lowest BCUT2D eigenvalue weighted by atomic mass is 10.1. The second kappa shape index (κ2) is 9.75. The van der Waals surface area contributed by atoms with Crippen molar-refractivity contribution in [1.82, 2.24) is 10.6 Å². The molecule has 7 heteroatoms. The number of nitrogens with one attached hydrogen (secondary N) is 2. The van der Waals surface area contributed by atoms with Crippen molar-refractivity contribution in [3.63, 3.8) is 0 Å². The fourth-order valence-corrected chi connectivity index (χ4v) is 3.73. The number of guanidine groups is 1. The third-order valence-electron chi connectivity index (χ3n) is 4.03. The fourth-order valence-electron chi connectivity index (χ4n) is 2.69. The summed E-state index contributed by atoms with van der Waals surface area (Å²) in [5.41, 5.74) is 1.36. The smallest absolute Gasteiger partial charge is 0.191 e. The van der Waals surface area contributed by atoms with E-state index in [-0.39, 0.29) is 24.0 Å². The Morgan fingerprint density at radius 3 is 2.72 bits per heavy atom. The molecule has 25 heavy (non-hydrogen) atoms. The molecule has 1 aromatic heterocycles. The highest BCUT2D eigenvalue weighted by Gasteiger charge is 2.38. The number of hydrogen-bond acceptors (Lipinski definition) is 3. The van der Waals surface area contributed by atoms with Crippen LogP contribution in [-0.4, -0.2) is 30.2 Å². The second-order valence-corrected chi connectivity index (χ2v) is 7.63. The third kappa shape index (κ3) is 5.84. The first-order chi connectivity index (χ1) is 11.7. The number of aliphatic imine (C=N–C) groups is 1. The van der Waals surface area contributed by atoms with Gasteiger partial charge in [0.1, 0.15) is 6.10 Å². The van der Waals surface area contributed by atoms with Crippen LogP contribution in [0.5, 0.6) is 0 Å². The van der Waals surface area contributed by atoms with Gasteiger partial charge in [-0.3, -0.25) is 4.99 Å². The summed E-state index contributed by atoms with van der Waals surface area (Å²) in [6.07, 6.45) is 0.486. The first-order valence-electron chi connectivity index (χ1n) is 8.20. The van der Waals surface area contributed by atoms with E-state index in [1.165, 1.54) is 16.9 Å². The molecule has 0 aliphatic heterocycles. The van der Waals surface area contributed by atoms with Crippen LogP contribution in [0.3, 0.4) is 0 Å². The van der Waals surface area contributed by atoms with E-state index >= 15 is 0 Å². The average Bonchev–Trinajstić information content (AvgIpc) is 3.23. The Morgan fingerprint density at radius 2 is 2.08 bits per heavy atom. The normalized spacial score (nSPS) is 20.5. The molecule has 136 valence electrons. The summed E-state index contributed by atoms with van der Waals surface area (Å²) in [5, 5.41) is 16.9. The van der Waals surface area contributed by atoms with Gasteiger partial charge in [0, 0.05) is 23.4 Å². The highest BCUT2D eigenvalue weighted by Crippen LogP contribution is 2.40. The lowest BCUT2D eigenvalue weighted by molar-refractivity contribution is 0.191. The molecule has 3 atom stereocenters. The Hall–Kier alpha value is -0.830. The van der Waals surface area contributed by atoms with Crippen LogP contribution in [0.15, 0.2) is 47.5 Å². The van der Waals surface area contributed by atoms with Crippen molar-refractivity contribution < 1.29 is 5.11 Å². The highest BCUT2D eigenvalue weighted by molar-refractivity contribution is 14.0. The summed E-state index contributed by atoms with van der Waals surface area (Å²) in [6, 6.07) is 14.6. The molecule has 3 rings (SSSR count). The first kappa shape index (κ1) is 20.5. The fraction of sp³-hybridized carbons (Fsp3) is 0.389. The number of benzene rings is 1. The minimum atomic E-state index is -0.623. The van der Waals surface area contributed by atoms with Crippen molar-refractivity contribution in [2.75, 3.05) is 13.1 Å². The molecule has 1 aliphatic carbocycles. The molecule has 1 aliphatic rings. The van der Waals surface area contributed by atoms with Crippen molar-refractivity contribution in [2.45, 2.75) is 31.4 Å². The van der Waals surface area contributed by atoms with Gasteiger partial charge in [-0.2, -0.15) is 0 Å². The minimum Gasteiger partial charge on any atom is -0.386 e. The predicted octanol–water partition coefficient (Wildman–Crippen LogP) is 4.16. The van der Waals surface area contributed by atoms with Gasteiger partial charge in [0.25, 0.3) is 0 Å². The van der Waals surface area contributed by atoms with Gasteiger partial charge in [-0.25, -0.2) is 0 Å². The van der Waals surface area contributed by atoms with Crippen LogP contribution in [-0.2, 0) is 0 Å². The molecule has 0 amide bonds. The van der Waals surface area contributed by atoms with Crippen LogP contribution in [0.1, 0.15) is 35.8 Å². The number of halogens is 2. The quantitative estimate of drug-likeness (QED) is 0.323. The zero-order valence-corrected chi connectivity index (χ0v) is 17.9. The van der Waals surface area contributed by atoms with E-state index < -0.39 is 6.10 Å². The maximum Gasteiger partial charge on any atom is 0.191 e. The van der Waals surface area contributed by atoms with E-state index in [0.717, 1.165) is 23.8 Å². The standard InChI is InChI=1S/C18H22ClN3OS.HI/c1-2-20-18(21-11-15(23)16-8-9-17(19)24-16)22-14-10-13(14)12-6-4-3-5-7-12;/h3-9,13-15,23H,2,10-11H2,1H3,(H2,20,21,22);1H. The summed E-state index contributed by atoms with van der Waals surface area (Å²) >= 11 is 7.31. The molecule has 4 nitrogen and oxygen atoms in total. The van der Waals surface area contributed by atoms with Gasteiger partial charge in [-0.1, -0.05) is 41.9 Å². The van der Waals surface area contributed by atoms with Crippen molar-refractivity contribution in [1.29, 1.82) is 0 Å². The van der Waals surface area contributed by atoms with Crippen molar-refractivity contribution >= 4 is 52.9 Å². The van der Waals surface area contributed by atoms with Crippen molar-refractivity contribution in [3.05, 3.63) is 57.2 Å². The SMILES string of the molecule is CCNC(=NCC(O)c1ccc(Cl)s1)NC1CC1c1ccccc1.I. The Morgan fingerprint density at radius 1 is 1.32 bits per heavy atom. The van der Waals surface area contributed by atoms with Gasteiger partial charge in [0.2, 0.25) is 0 Å². The lowest BCUT2D eigenvalue weighted by Crippen LogP contribution is -2.39. The molecule has 0 bridgehead atoms. The number of aliphatic hydroxyl groups is 1. The molecule has 3 N–H and O–H groups in total. The van der Waals surface area contributed by atoms with E-state index in [4.69, 9.17) is 11.6 Å². The zero-order valence-electron chi connectivity index (χ0n) is 14.0. The summed E-state index contributed by atoms with van der Waals surface area (Å²) in [6.45, 7) is 3.14. The van der Waals surface area contributed by atoms with Gasteiger partial charge in [-0.15, -0.1) is 35.3 Å². The zero-order chi connectivity index (χ0) is 16.9. The number of nitrogens with zero attached hydrogens (tertiary/aromatic N) is 1. The predicted molar refractivity (Wildman–Crippen MR) is 116 cm³/mol. The molecule has 0 spiro atoms. The van der Waals surface area contributed by atoms with Gasteiger partial charge in [0.15, 0.2) is 5.96 Å². The van der Waals surface area contributed by atoms with Gasteiger partial charge in [-0.05, 0) is 31.0 Å². The molecular weight excluding hydrogens is 469 g/mol. The van der Waals surface area contributed by atoms with E-state index in [9.17, 15) is 5.11 Å². The topological polar surface area (TPSA) is 56.7 Å². The second-order valence-electron chi connectivity index (χ2n) is 5.88. The van der Waals surface area contributed by atoms with Crippen LogP contribution in [0.25, 0.3) is 0 Å². The molecule has 1 aromatic carbocycles. The molecule has 1 saturated carbocycles. The number of aliphatic hydroxyl groups excluding tert-OH is 1. The molecule has 2 aromatic rings. The minimum absolute atomic E-state index is 0. The first-order valence-corrected chi connectivity index (χ1v) is 9.40. The number of thiophene rings is 1. The Kier molecular flexibility index (Phi) is 7.99. The maximum absolute atomic E-state index is 10.2. The van der Waals surface area contributed by atoms with Crippen LogP contribution < -0.4 is 10.6 Å². The number of hydrogen-bond donors (Lipinski definition) is 3. The average molecular weight is 492 g/mol. The van der Waals surface area contributed by atoms with E-state index in [1.54, 1.807) is 6.07 Å². The van der Waals surface area contributed by atoms with Gasteiger partial charge >= 0.3 is 0 Å². The Labute approximate surface area is 174 Å². The van der Waals surface area contributed by atoms with E-state index in [2.05, 4.69) is 39.9 Å². The van der Waals surface area contributed by atoms with Crippen LogP contribution in [0.4, 0.5) is 0 Å². The number of rotatable bonds is 6. The molecule has 0 radical (unpaired) electrons. The largest absolute Gasteiger partial charge is 0.386 e. The molecule has 3 unspecified atom stereocenters. The van der Waals surface area contributed by atoms with Crippen LogP contribution >= 0.6 is 46.9 Å². The Balaban J connectivity index is 0.00000225. The molecular formula is C18H23ClIN3OS. The lowest BCUT2D eigenvalue weighted by Gasteiger charge is -2.12. The summed E-state index contributed by atoms with van der Waals surface area (Å²) < 4.78 is 0.682. The molecule has 1 fully saturated rings. The summed E-state index contributed by atoms with van der Waals surface area (Å²) in [7, 11) is 0. The summed E-state index contributed by atoms with van der Waals surface area (Å²) in [5.74, 6) is 1.29. The summed E-state index contributed by atoms with van der Waals surface area (Å²) in [4.78, 5) is 5.36. The monoisotopic (exact) mass is 491 g/mol. The van der Waals surface area contributed by atoms with E-state index in [1.807, 2.05) is 19.1 Å². The van der Waals surface area contributed by atoms with Crippen molar-refractivity contribution in [3.8, 4) is 0 Å². The van der Waals surface area contributed by atoms with E-state index in [0.29, 0.717) is 22.8 Å². The third-order valence-corrected chi connectivity index (χ3v) is 5.36. The van der Waals surface area contributed by atoms with Crippen molar-refractivity contribution in [2.24, 2.45) is 4.99 Å². The molecule has 0 saturated heterocycles. The van der Waals surface area contributed by atoms with Crippen LogP contribution in [0, 0.1) is 0 Å². The van der Waals surface area contributed by atoms with Gasteiger partial charge < -0.3 is 15.7 Å². The Bertz CT molecular complexity index is 695. The highest BCUT2D eigenvalue weighted by atomic mass is 127. The van der Waals surface area contributed by atoms with Crippen LogP contribution in [0.2, 0.25) is 4.34 Å². The maximum atomic E-state index is 10.2. The molecule has 1 heterocycles. The van der Waals surface area contributed by atoms with Gasteiger partial charge in [0.05, 0.1) is 10.9 Å².